The van der Waals surface area contributed by atoms with Gasteiger partial charge in [0.25, 0.3) is 0 Å². The molecular formula is C17H18O3. The molecule has 0 aromatic heterocycles. The summed E-state index contributed by atoms with van der Waals surface area (Å²) in [6, 6.07) is 15.6. The second kappa shape index (κ2) is 7.36. The topological polar surface area (TPSA) is 38.7 Å². The molecule has 3 nitrogen and oxygen atoms in total. The highest BCUT2D eigenvalue weighted by atomic mass is 16.5. The van der Waals surface area contributed by atoms with E-state index in [0.717, 1.165) is 11.1 Å². The molecule has 0 saturated heterocycles. The van der Waals surface area contributed by atoms with Crippen LogP contribution in [0, 0.1) is 0 Å². The number of hydrogen-bond acceptors (Lipinski definition) is 3. The Bertz CT molecular complexity index is 562. The van der Waals surface area contributed by atoms with E-state index in [2.05, 4.69) is 0 Å². The summed E-state index contributed by atoms with van der Waals surface area (Å²) in [5, 5.41) is 8.81. The lowest BCUT2D eigenvalue weighted by Gasteiger charge is -2.11. The average Bonchev–Trinajstić information content (AvgIpc) is 2.52. The zero-order chi connectivity index (χ0) is 14.2. The van der Waals surface area contributed by atoms with Gasteiger partial charge in [-0.05, 0) is 23.3 Å². The molecule has 0 aliphatic rings. The Balaban J connectivity index is 2.14. The van der Waals surface area contributed by atoms with Gasteiger partial charge in [0.1, 0.15) is 6.61 Å². The van der Waals surface area contributed by atoms with Crippen molar-refractivity contribution >= 4 is 6.08 Å². The Morgan fingerprint density at radius 2 is 1.85 bits per heavy atom. The first-order valence-electron chi connectivity index (χ1n) is 6.45. The molecule has 20 heavy (non-hydrogen) atoms. The fraction of sp³-hybridized carbons (Fsp3) is 0.176. The molecule has 2 rings (SSSR count). The van der Waals surface area contributed by atoms with Gasteiger partial charge in [-0.25, -0.2) is 0 Å². The second-order valence-corrected chi connectivity index (χ2v) is 4.27. The fourth-order valence-electron chi connectivity index (χ4n) is 1.83. The van der Waals surface area contributed by atoms with Crippen LogP contribution in [0.2, 0.25) is 0 Å². The van der Waals surface area contributed by atoms with Gasteiger partial charge in [0.15, 0.2) is 11.5 Å². The molecule has 0 amide bonds. The van der Waals surface area contributed by atoms with Crippen LogP contribution in [0.1, 0.15) is 11.1 Å². The molecule has 0 bridgehead atoms. The molecule has 0 aliphatic carbocycles. The molecule has 0 aliphatic heterocycles. The third-order valence-corrected chi connectivity index (χ3v) is 2.84. The van der Waals surface area contributed by atoms with E-state index in [1.54, 1.807) is 13.2 Å². The van der Waals surface area contributed by atoms with Crippen molar-refractivity contribution in [3.05, 3.63) is 65.7 Å². The summed E-state index contributed by atoms with van der Waals surface area (Å²) >= 11 is 0. The number of aliphatic hydroxyl groups is 1. The Labute approximate surface area is 119 Å². The quantitative estimate of drug-likeness (QED) is 0.875. The summed E-state index contributed by atoms with van der Waals surface area (Å²) < 4.78 is 11.1. The molecule has 0 fully saturated rings. The van der Waals surface area contributed by atoms with Gasteiger partial charge in [0.2, 0.25) is 0 Å². The second-order valence-electron chi connectivity index (χ2n) is 4.27. The fourth-order valence-corrected chi connectivity index (χ4v) is 1.83. The van der Waals surface area contributed by atoms with E-state index in [1.807, 2.05) is 54.6 Å². The van der Waals surface area contributed by atoms with Gasteiger partial charge in [-0.1, -0.05) is 48.6 Å². The van der Waals surface area contributed by atoms with Gasteiger partial charge in [0.05, 0.1) is 13.7 Å². The predicted molar refractivity (Wildman–Crippen MR) is 79.9 cm³/mol. The molecule has 104 valence electrons. The van der Waals surface area contributed by atoms with Crippen molar-refractivity contribution in [2.24, 2.45) is 0 Å². The van der Waals surface area contributed by atoms with Crippen molar-refractivity contribution in [1.82, 2.24) is 0 Å². The van der Waals surface area contributed by atoms with Gasteiger partial charge >= 0.3 is 0 Å². The lowest BCUT2D eigenvalue weighted by molar-refractivity contribution is 0.284. The summed E-state index contributed by atoms with van der Waals surface area (Å²) in [6.07, 6.45) is 3.53. The Morgan fingerprint density at radius 3 is 2.55 bits per heavy atom. The Kier molecular flexibility index (Phi) is 5.21. The lowest BCUT2D eigenvalue weighted by atomic mass is 10.2. The molecule has 2 aromatic rings. The normalized spacial score (nSPS) is 10.7. The third-order valence-electron chi connectivity index (χ3n) is 2.84. The maximum atomic E-state index is 8.81. The van der Waals surface area contributed by atoms with Crippen LogP contribution >= 0.6 is 0 Å². The summed E-state index contributed by atoms with van der Waals surface area (Å²) in [6.45, 7) is 0.511. The van der Waals surface area contributed by atoms with Crippen LogP contribution in [-0.2, 0) is 6.61 Å². The molecule has 0 saturated carbocycles. The zero-order valence-electron chi connectivity index (χ0n) is 11.5. The van der Waals surface area contributed by atoms with E-state index in [-0.39, 0.29) is 6.61 Å². The highest BCUT2D eigenvalue weighted by molar-refractivity contribution is 5.55. The molecule has 0 radical (unpaired) electrons. The van der Waals surface area contributed by atoms with Crippen LogP contribution in [0.3, 0.4) is 0 Å². The van der Waals surface area contributed by atoms with Gasteiger partial charge in [0, 0.05) is 0 Å². The third kappa shape index (κ3) is 3.87. The van der Waals surface area contributed by atoms with Crippen LogP contribution in [0.15, 0.2) is 54.6 Å². The SMILES string of the molecule is COc1ccc(/C=C/CO)cc1OCc1ccccc1. The van der Waals surface area contributed by atoms with E-state index < -0.39 is 0 Å². The zero-order valence-corrected chi connectivity index (χ0v) is 11.5. The van der Waals surface area contributed by atoms with Gasteiger partial charge < -0.3 is 14.6 Å². The van der Waals surface area contributed by atoms with Crippen LogP contribution in [0.4, 0.5) is 0 Å². The summed E-state index contributed by atoms with van der Waals surface area (Å²) in [5.74, 6) is 1.39. The molecule has 3 heteroatoms. The number of benzene rings is 2. The van der Waals surface area contributed by atoms with E-state index >= 15 is 0 Å². The van der Waals surface area contributed by atoms with Crippen LogP contribution in [-0.4, -0.2) is 18.8 Å². The van der Waals surface area contributed by atoms with Gasteiger partial charge in [-0.3, -0.25) is 0 Å². The Morgan fingerprint density at radius 1 is 1.05 bits per heavy atom. The molecule has 0 heterocycles. The van der Waals surface area contributed by atoms with Crippen molar-refractivity contribution in [1.29, 1.82) is 0 Å². The Hall–Kier alpha value is -2.26. The summed E-state index contributed by atoms with van der Waals surface area (Å²) in [5.41, 5.74) is 2.06. The van der Waals surface area contributed by atoms with E-state index in [9.17, 15) is 0 Å². The van der Waals surface area contributed by atoms with Crippen LogP contribution < -0.4 is 9.47 Å². The van der Waals surface area contributed by atoms with Crippen LogP contribution in [0.5, 0.6) is 11.5 Å². The van der Waals surface area contributed by atoms with E-state index in [1.165, 1.54) is 0 Å². The number of aliphatic hydroxyl groups excluding tert-OH is 1. The van der Waals surface area contributed by atoms with E-state index in [0.29, 0.717) is 18.1 Å². The standard InChI is InChI=1S/C17H18O3/c1-19-16-10-9-14(8-5-11-18)12-17(16)20-13-15-6-3-2-4-7-15/h2-10,12,18H,11,13H2,1H3/b8-5+. The number of ether oxygens (including phenoxy) is 2. The molecule has 1 N–H and O–H groups in total. The molecule has 0 spiro atoms. The first kappa shape index (κ1) is 14.2. The lowest BCUT2D eigenvalue weighted by Crippen LogP contribution is -1.97. The van der Waals surface area contributed by atoms with Crippen molar-refractivity contribution < 1.29 is 14.6 Å². The highest BCUT2D eigenvalue weighted by Crippen LogP contribution is 2.29. The summed E-state index contributed by atoms with van der Waals surface area (Å²) in [7, 11) is 1.62. The van der Waals surface area contributed by atoms with Crippen molar-refractivity contribution in [2.75, 3.05) is 13.7 Å². The summed E-state index contributed by atoms with van der Waals surface area (Å²) in [4.78, 5) is 0. The minimum atomic E-state index is 0.0201. The first-order chi connectivity index (χ1) is 9.83. The smallest absolute Gasteiger partial charge is 0.162 e. The van der Waals surface area contributed by atoms with E-state index in [4.69, 9.17) is 14.6 Å². The minimum Gasteiger partial charge on any atom is -0.493 e. The number of hydrogen-bond donors (Lipinski definition) is 1. The molecule has 0 atom stereocenters. The predicted octanol–water partition coefficient (Wildman–Crippen LogP) is 3.28. The van der Waals surface area contributed by atoms with Crippen molar-refractivity contribution in [2.45, 2.75) is 6.61 Å². The monoisotopic (exact) mass is 270 g/mol. The molecule has 0 unspecified atom stereocenters. The maximum Gasteiger partial charge on any atom is 0.162 e. The number of rotatable bonds is 6. The van der Waals surface area contributed by atoms with Crippen molar-refractivity contribution in [3.8, 4) is 11.5 Å². The highest BCUT2D eigenvalue weighted by Gasteiger charge is 2.05. The van der Waals surface area contributed by atoms with Gasteiger partial charge in [-0.2, -0.15) is 0 Å². The molecule has 2 aromatic carbocycles. The van der Waals surface area contributed by atoms with Gasteiger partial charge in [-0.15, -0.1) is 0 Å². The minimum absolute atomic E-state index is 0.0201. The average molecular weight is 270 g/mol. The molecular weight excluding hydrogens is 252 g/mol. The number of methoxy groups -OCH3 is 1. The first-order valence-corrected chi connectivity index (χ1v) is 6.45. The van der Waals surface area contributed by atoms with Crippen LogP contribution in [0.25, 0.3) is 6.08 Å². The maximum absolute atomic E-state index is 8.81. The van der Waals surface area contributed by atoms with Crippen molar-refractivity contribution in [3.63, 3.8) is 0 Å². The largest absolute Gasteiger partial charge is 0.493 e.